The van der Waals surface area contributed by atoms with Crippen LogP contribution in [0.2, 0.25) is 0 Å². The van der Waals surface area contributed by atoms with E-state index in [-0.39, 0.29) is 11.7 Å². The molecule has 0 fully saturated rings. The van der Waals surface area contributed by atoms with Crippen LogP contribution in [0, 0.1) is 5.92 Å². The summed E-state index contributed by atoms with van der Waals surface area (Å²) in [6.45, 7) is 3.31. The van der Waals surface area contributed by atoms with Gasteiger partial charge in [-0.15, -0.1) is 0 Å². The van der Waals surface area contributed by atoms with Crippen LogP contribution in [-0.4, -0.2) is 22.9 Å². The van der Waals surface area contributed by atoms with E-state index in [4.69, 9.17) is 10.8 Å². The van der Waals surface area contributed by atoms with Gasteiger partial charge in [0.1, 0.15) is 11.8 Å². The Balaban J connectivity index is 3.76. The predicted octanol–water partition coefficient (Wildman–Crippen LogP) is 0.404. The number of carboxylic acid groups (broad SMARTS) is 1. The van der Waals surface area contributed by atoms with E-state index in [0.717, 1.165) is 0 Å². The smallest absolute Gasteiger partial charge is 0.320 e. The van der Waals surface area contributed by atoms with Crippen LogP contribution in [0.5, 0.6) is 0 Å². The Morgan fingerprint density at radius 3 is 2.33 bits per heavy atom. The van der Waals surface area contributed by atoms with Gasteiger partial charge < -0.3 is 15.6 Å². The highest BCUT2D eigenvalue weighted by atomic mass is 16.4. The van der Waals surface area contributed by atoms with E-state index < -0.39 is 12.0 Å². The Labute approximate surface area is 71.8 Å². The van der Waals surface area contributed by atoms with Gasteiger partial charge in [0.15, 0.2) is 0 Å². The summed E-state index contributed by atoms with van der Waals surface area (Å²) in [5, 5.41) is 8.46. The molecule has 0 aromatic rings. The van der Waals surface area contributed by atoms with Crippen molar-refractivity contribution in [2.45, 2.75) is 32.7 Å². The van der Waals surface area contributed by atoms with E-state index in [1.165, 1.54) is 6.92 Å². The first-order valence-corrected chi connectivity index (χ1v) is 3.91. The summed E-state index contributed by atoms with van der Waals surface area (Å²) in [7, 11) is 0. The lowest BCUT2D eigenvalue weighted by atomic mass is 9.97. The molecule has 4 nitrogen and oxygen atoms in total. The molecule has 4 heteroatoms. The minimum Gasteiger partial charge on any atom is -0.480 e. The van der Waals surface area contributed by atoms with Crippen LogP contribution < -0.4 is 5.73 Å². The second kappa shape index (κ2) is 4.87. The van der Waals surface area contributed by atoms with Gasteiger partial charge in [0.05, 0.1) is 0 Å². The highest BCUT2D eigenvalue weighted by Crippen LogP contribution is 2.09. The van der Waals surface area contributed by atoms with Gasteiger partial charge in [-0.1, -0.05) is 6.92 Å². The van der Waals surface area contributed by atoms with Crippen molar-refractivity contribution in [2.24, 2.45) is 11.7 Å². The van der Waals surface area contributed by atoms with Crippen molar-refractivity contribution in [3.63, 3.8) is 0 Å². The molecular formula is C8H15NO3. The summed E-state index contributed by atoms with van der Waals surface area (Å²) in [6, 6.07) is -0.848. The number of rotatable bonds is 5. The number of carbonyl (C=O) groups is 2. The van der Waals surface area contributed by atoms with Crippen LogP contribution in [0.1, 0.15) is 26.7 Å². The molecule has 0 aliphatic carbocycles. The van der Waals surface area contributed by atoms with Crippen LogP contribution in [0.25, 0.3) is 0 Å². The zero-order chi connectivity index (χ0) is 9.72. The van der Waals surface area contributed by atoms with Crippen LogP contribution in [-0.2, 0) is 9.59 Å². The minimum absolute atomic E-state index is 0.0496. The fourth-order valence-electron chi connectivity index (χ4n) is 1.11. The van der Waals surface area contributed by atoms with E-state index in [1.54, 1.807) is 0 Å². The van der Waals surface area contributed by atoms with Crippen molar-refractivity contribution in [3.05, 3.63) is 0 Å². The molecule has 0 rings (SSSR count). The molecule has 0 spiro atoms. The highest BCUT2D eigenvalue weighted by molar-refractivity contribution is 5.76. The van der Waals surface area contributed by atoms with Gasteiger partial charge in [-0.2, -0.15) is 0 Å². The second-order valence-corrected chi connectivity index (χ2v) is 3.19. The van der Waals surface area contributed by atoms with Gasteiger partial charge in [-0.25, -0.2) is 0 Å². The number of Topliss-reactive ketones (excluding diaryl/α,β-unsaturated/α-hetero) is 1. The zero-order valence-corrected chi connectivity index (χ0v) is 7.41. The molecule has 2 unspecified atom stereocenters. The van der Waals surface area contributed by atoms with E-state index in [9.17, 15) is 9.59 Å². The third-order valence-corrected chi connectivity index (χ3v) is 1.61. The predicted molar refractivity (Wildman–Crippen MR) is 44.7 cm³/mol. The topological polar surface area (TPSA) is 80.4 Å². The number of carboxylic acids is 1. The molecule has 0 saturated heterocycles. The van der Waals surface area contributed by atoms with Crippen molar-refractivity contribution in [3.8, 4) is 0 Å². The molecule has 0 aromatic heterocycles. The van der Waals surface area contributed by atoms with Crippen LogP contribution >= 0.6 is 0 Å². The summed E-state index contributed by atoms with van der Waals surface area (Å²) in [5.74, 6) is -0.890. The molecule has 2 atom stereocenters. The highest BCUT2D eigenvalue weighted by Gasteiger charge is 2.16. The summed E-state index contributed by atoms with van der Waals surface area (Å²) in [6.07, 6.45) is 0.760. The first-order valence-electron chi connectivity index (χ1n) is 3.91. The number of aliphatic carboxylic acids is 1. The summed E-state index contributed by atoms with van der Waals surface area (Å²) >= 11 is 0. The summed E-state index contributed by atoms with van der Waals surface area (Å²) in [4.78, 5) is 20.9. The Morgan fingerprint density at radius 1 is 1.50 bits per heavy atom. The summed E-state index contributed by atoms with van der Waals surface area (Å²) in [5.41, 5.74) is 5.28. The molecule has 0 saturated carbocycles. The standard InChI is InChI=1S/C8H15NO3/c1-5(3-6(2)10)4-7(9)8(11)12/h5,7H,3-4,9H2,1-2H3,(H,11,12). The first-order chi connectivity index (χ1) is 5.43. The monoisotopic (exact) mass is 173 g/mol. The summed E-state index contributed by atoms with van der Waals surface area (Å²) < 4.78 is 0. The molecule has 0 heterocycles. The van der Waals surface area contributed by atoms with Crippen molar-refractivity contribution in [2.75, 3.05) is 0 Å². The Morgan fingerprint density at radius 2 is 2.00 bits per heavy atom. The van der Waals surface area contributed by atoms with Crippen molar-refractivity contribution < 1.29 is 14.7 Å². The average Bonchev–Trinajstić information content (AvgIpc) is 1.84. The molecule has 3 N–H and O–H groups in total. The Hall–Kier alpha value is -0.900. The van der Waals surface area contributed by atoms with E-state index in [2.05, 4.69) is 0 Å². The van der Waals surface area contributed by atoms with Gasteiger partial charge in [0.25, 0.3) is 0 Å². The third-order valence-electron chi connectivity index (χ3n) is 1.61. The van der Waals surface area contributed by atoms with E-state index in [1.807, 2.05) is 6.92 Å². The first kappa shape index (κ1) is 11.1. The molecule has 0 radical (unpaired) electrons. The lowest BCUT2D eigenvalue weighted by molar-refractivity contribution is -0.139. The second-order valence-electron chi connectivity index (χ2n) is 3.19. The molecule has 0 bridgehead atoms. The number of carbonyl (C=O) groups excluding carboxylic acids is 1. The molecule has 0 amide bonds. The number of hydrogen-bond donors (Lipinski definition) is 2. The van der Waals surface area contributed by atoms with Crippen LogP contribution in [0.15, 0.2) is 0 Å². The maximum Gasteiger partial charge on any atom is 0.320 e. The zero-order valence-electron chi connectivity index (χ0n) is 7.41. The van der Waals surface area contributed by atoms with Crippen molar-refractivity contribution in [1.29, 1.82) is 0 Å². The van der Waals surface area contributed by atoms with Crippen LogP contribution in [0.4, 0.5) is 0 Å². The molecule has 0 aliphatic heterocycles. The van der Waals surface area contributed by atoms with Crippen LogP contribution in [0.3, 0.4) is 0 Å². The van der Waals surface area contributed by atoms with Crippen molar-refractivity contribution in [1.82, 2.24) is 0 Å². The maximum atomic E-state index is 10.6. The van der Waals surface area contributed by atoms with Gasteiger partial charge >= 0.3 is 5.97 Å². The quantitative estimate of drug-likeness (QED) is 0.630. The molecular weight excluding hydrogens is 158 g/mol. The minimum atomic E-state index is -1.01. The number of ketones is 1. The lowest BCUT2D eigenvalue weighted by Crippen LogP contribution is -2.32. The van der Waals surface area contributed by atoms with E-state index in [0.29, 0.717) is 12.8 Å². The van der Waals surface area contributed by atoms with Gasteiger partial charge in [0.2, 0.25) is 0 Å². The fraction of sp³-hybridized carbons (Fsp3) is 0.750. The van der Waals surface area contributed by atoms with Gasteiger partial charge in [-0.3, -0.25) is 4.79 Å². The molecule has 0 aliphatic rings. The molecule has 0 aromatic carbocycles. The van der Waals surface area contributed by atoms with Gasteiger partial charge in [-0.05, 0) is 19.3 Å². The molecule has 70 valence electrons. The average molecular weight is 173 g/mol. The Kier molecular flexibility index (Phi) is 4.51. The third kappa shape index (κ3) is 4.85. The Bertz CT molecular complexity index is 179. The number of nitrogens with two attached hydrogens (primary N) is 1. The number of hydrogen-bond acceptors (Lipinski definition) is 3. The molecule has 12 heavy (non-hydrogen) atoms. The SMILES string of the molecule is CC(=O)CC(C)CC(N)C(=O)O. The normalized spacial score (nSPS) is 15.2. The van der Waals surface area contributed by atoms with Crippen molar-refractivity contribution >= 4 is 11.8 Å². The fourth-order valence-corrected chi connectivity index (χ4v) is 1.11. The van der Waals surface area contributed by atoms with Gasteiger partial charge in [0, 0.05) is 6.42 Å². The lowest BCUT2D eigenvalue weighted by Gasteiger charge is -2.11. The maximum absolute atomic E-state index is 10.6. The van der Waals surface area contributed by atoms with E-state index >= 15 is 0 Å². The largest absolute Gasteiger partial charge is 0.480 e.